The molecule has 2 aromatic rings. The van der Waals surface area contributed by atoms with E-state index in [1.807, 2.05) is 0 Å². The Kier molecular flexibility index (Phi) is 2.01. The van der Waals surface area contributed by atoms with E-state index in [1.165, 1.54) is 33.0 Å². The lowest BCUT2D eigenvalue weighted by atomic mass is 9.81. The molecule has 0 atom stereocenters. The van der Waals surface area contributed by atoms with Crippen LogP contribution in [0, 0.1) is 0 Å². The molecule has 0 saturated heterocycles. The number of hydrogen-bond donors (Lipinski definition) is 0. The van der Waals surface area contributed by atoms with Gasteiger partial charge in [0.25, 0.3) is 0 Å². The van der Waals surface area contributed by atoms with Crippen molar-refractivity contribution in [3.8, 4) is 0 Å². The van der Waals surface area contributed by atoms with Crippen LogP contribution in [0.15, 0.2) is 42.0 Å². The lowest BCUT2D eigenvalue weighted by Gasteiger charge is -2.22. The summed E-state index contributed by atoms with van der Waals surface area (Å²) in [6, 6.07) is 13.2. The van der Waals surface area contributed by atoms with Crippen molar-refractivity contribution in [2.45, 2.75) is 33.1 Å². The lowest BCUT2D eigenvalue weighted by Crippen LogP contribution is -2.15. The molecule has 0 radical (unpaired) electrons. The van der Waals surface area contributed by atoms with Crippen molar-refractivity contribution in [3.63, 3.8) is 0 Å². The molecule has 0 aliphatic heterocycles. The Balaban J connectivity index is 2.48. The Labute approximate surface area is 103 Å². The van der Waals surface area contributed by atoms with Crippen molar-refractivity contribution in [1.29, 1.82) is 0 Å². The molecule has 0 bridgehead atoms. The summed E-state index contributed by atoms with van der Waals surface area (Å²) in [5.74, 6) is 0. The molecule has 0 unspecified atom stereocenters. The molecule has 0 heteroatoms. The summed E-state index contributed by atoms with van der Waals surface area (Å²) < 4.78 is 0. The van der Waals surface area contributed by atoms with Gasteiger partial charge in [0, 0.05) is 5.41 Å². The number of rotatable bonds is 0. The van der Waals surface area contributed by atoms with Crippen LogP contribution < -0.4 is 0 Å². The predicted octanol–water partition coefficient (Wildman–Crippen LogP) is 4.92. The van der Waals surface area contributed by atoms with Crippen molar-refractivity contribution in [1.82, 2.24) is 0 Å². The highest BCUT2D eigenvalue weighted by atomic mass is 14.4. The third-order valence-corrected chi connectivity index (χ3v) is 4.48. The minimum Gasteiger partial charge on any atom is -0.0616 e. The molecule has 1 aliphatic rings. The van der Waals surface area contributed by atoms with Crippen LogP contribution >= 0.6 is 0 Å². The molecule has 0 fully saturated rings. The first kappa shape index (κ1) is 10.6. The summed E-state index contributed by atoms with van der Waals surface area (Å²) in [6.07, 6.45) is 0. The van der Waals surface area contributed by atoms with Gasteiger partial charge in [-0.1, -0.05) is 55.8 Å². The van der Waals surface area contributed by atoms with Gasteiger partial charge < -0.3 is 0 Å². The zero-order chi connectivity index (χ0) is 12.2. The van der Waals surface area contributed by atoms with Crippen LogP contribution in [0.3, 0.4) is 0 Å². The smallest absolute Gasteiger partial charge is 0.0114 e. The van der Waals surface area contributed by atoms with Gasteiger partial charge in [-0.2, -0.15) is 0 Å². The van der Waals surface area contributed by atoms with E-state index in [1.54, 1.807) is 0 Å². The molecule has 0 heterocycles. The third-order valence-electron chi connectivity index (χ3n) is 4.48. The van der Waals surface area contributed by atoms with E-state index in [0.717, 1.165) is 0 Å². The molecule has 0 saturated carbocycles. The van der Waals surface area contributed by atoms with E-state index in [0.29, 0.717) is 0 Å². The summed E-state index contributed by atoms with van der Waals surface area (Å²) in [7, 11) is 0. The van der Waals surface area contributed by atoms with Gasteiger partial charge in [-0.15, -0.1) is 0 Å². The fourth-order valence-corrected chi connectivity index (χ4v) is 3.05. The van der Waals surface area contributed by atoms with Crippen molar-refractivity contribution in [2.75, 3.05) is 0 Å². The van der Waals surface area contributed by atoms with Gasteiger partial charge in [-0.25, -0.2) is 0 Å². The highest BCUT2D eigenvalue weighted by molar-refractivity contribution is 5.98. The van der Waals surface area contributed by atoms with Gasteiger partial charge in [-0.05, 0) is 41.3 Å². The monoisotopic (exact) mass is 222 g/mol. The topological polar surface area (TPSA) is 0 Å². The highest BCUT2D eigenvalue weighted by Gasteiger charge is 2.34. The second kappa shape index (κ2) is 3.22. The van der Waals surface area contributed by atoms with Crippen molar-refractivity contribution in [2.24, 2.45) is 0 Å². The molecule has 1 aliphatic carbocycles. The zero-order valence-corrected chi connectivity index (χ0v) is 11.0. The first-order chi connectivity index (χ1) is 8.03. The Morgan fingerprint density at radius 1 is 0.882 bits per heavy atom. The molecule has 0 N–H and O–H groups in total. The minimum atomic E-state index is 0.184. The van der Waals surface area contributed by atoms with Crippen LogP contribution in [0.4, 0.5) is 0 Å². The average molecular weight is 222 g/mol. The Morgan fingerprint density at radius 2 is 1.59 bits per heavy atom. The van der Waals surface area contributed by atoms with Crippen LogP contribution in [0.5, 0.6) is 0 Å². The Morgan fingerprint density at radius 3 is 2.35 bits per heavy atom. The van der Waals surface area contributed by atoms with Gasteiger partial charge in [0.1, 0.15) is 0 Å². The second-order valence-electron chi connectivity index (χ2n) is 5.58. The third kappa shape index (κ3) is 1.24. The molecule has 3 rings (SSSR count). The number of allylic oxidation sites excluding steroid dienone is 2. The van der Waals surface area contributed by atoms with Crippen molar-refractivity contribution >= 4 is 16.3 Å². The predicted molar refractivity (Wildman–Crippen MR) is 75.2 cm³/mol. The summed E-state index contributed by atoms with van der Waals surface area (Å²) in [4.78, 5) is 0. The van der Waals surface area contributed by atoms with Crippen LogP contribution in [0.1, 0.15) is 38.8 Å². The van der Waals surface area contributed by atoms with Crippen LogP contribution in [0.2, 0.25) is 0 Å². The van der Waals surface area contributed by atoms with E-state index in [4.69, 9.17) is 0 Å². The minimum absolute atomic E-state index is 0.184. The molecular formula is C17H18. The molecule has 2 aromatic carbocycles. The number of fused-ring (bicyclic) bond motifs is 3. The van der Waals surface area contributed by atoms with Gasteiger partial charge in [0.15, 0.2) is 0 Å². The van der Waals surface area contributed by atoms with E-state index >= 15 is 0 Å². The van der Waals surface area contributed by atoms with E-state index in [-0.39, 0.29) is 5.41 Å². The SMILES string of the molecule is CC1=C(C)C(C)(C)c2ccc3ccccc3c21. The van der Waals surface area contributed by atoms with Gasteiger partial charge >= 0.3 is 0 Å². The standard InChI is InChI=1S/C17H18/c1-11-12(2)17(3,4)15-10-9-13-7-5-6-8-14(13)16(11)15/h5-10H,1-4H3. The van der Waals surface area contributed by atoms with Crippen molar-refractivity contribution < 1.29 is 0 Å². The largest absolute Gasteiger partial charge is 0.0616 e. The fraction of sp³-hybridized carbons (Fsp3) is 0.294. The molecule has 0 aromatic heterocycles. The summed E-state index contributed by atoms with van der Waals surface area (Å²) in [5, 5.41) is 2.74. The Hall–Kier alpha value is -1.56. The maximum Gasteiger partial charge on any atom is 0.0114 e. The zero-order valence-electron chi connectivity index (χ0n) is 11.0. The second-order valence-corrected chi connectivity index (χ2v) is 5.58. The van der Waals surface area contributed by atoms with Crippen LogP contribution in [-0.2, 0) is 5.41 Å². The van der Waals surface area contributed by atoms with Crippen LogP contribution in [-0.4, -0.2) is 0 Å². The summed E-state index contributed by atoms with van der Waals surface area (Å²) in [5.41, 5.74) is 6.09. The quantitative estimate of drug-likeness (QED) is 0.593. The molecule has 0 amide bonds. The lowest BCUT2D eigenvalue weighted by molar-refractivity contribution is 0.639. The molecule has 0 spiro atoms. The van der Waals surface area contributed by atoms with Gasteiger partial charge in [0.2, 0.25) is 0 Å². The molecule has 86 valence electrons. The van der Waals surface area contributed by atoms with E-state index < -0.39 is 0 Å². The first-order valence-electron chi connectivity index (χ1n) is 6.24. The van der Waals surface area contributed by atoms with Crippen LogP contribution in [0.25, 0.3) is 16.3 Å². The molecule has 17 heavy (non-hydrogen) atoms. The number of hydrogen-bond acceptors (Lipinski definition) is 0. The maximum absolute atomic E-state index is 2.33. The maximum atomic E-state index is 2.33. The van der Waals surface area contributed by atoms with E-state index in [9.17, 15) is 0 Å². The normalized spacial score (nSPS) is 17.6. The summed E-state index contributed by atoms with van der Waals surface area (Å²) in [6.45, 7) is 9.18. The molecular weight excluding hydrogens is 204 g/mol. The first-order valence-corrected chi connectivity index (χ1v) is 6.24. The van der Waals surface area contributed by atoms with Crippen molar-refractivity contribution in [3.05, 3.63) is 53.1 Å². The fourth-order valence-electron chi connectivity index (χ4n) is 3.05. The highest BCUT2D eigenvalue weighted by Crippen LogP contribution is 2.47. The average Bonchev–Trinajstić information content (AvgIpc) is 2.51. The molecule has 0 nitrogen and oxygen atoms in total. The van der Waals surface area contributed by atoms with E-state index in [2.05, 4.69) is 64.1 Å². The Bertz CT molecular complexity index is 642. The van der Waals surface area contributed by atoms with Gasteiger partial charge in [-0.3, -0.25) is 0 Å². The summed E-state index contributed by atoms with van der Waals surface area (Å²) >= 11 is 0. The van der Waals surface area contributed by atoms with Gasteiger partial charge in [0.05, 0.1) is 0 Å². The number of benzene rings is 2.